The second-order valence-corrected chi connectivity index (χ2v) is 3.71. The van der Waals surface area contributed by atoms with Crippen molar-refractivity contribution in [3.05, 3.63) is 35.9 Å². The standard InChI is InChI=1S/C13H16O/c1-5-13(4,14-11(2)3)12-9-7-6-8-10-12/h1,6-11H,2-4H3. The van der Waals surface area contributed by atoms with Crippen LogP contribution >= 0.6 is 0 Å². The highest BCUT2D eigenvalue weighted by Crippen LogP contribution is 2.25. The van der Waals surface area contributed by atoms with E-state index in [4.69, 9.17) is 11.2 Å². The fourth-order valence-corrected chi connectivity index (χ4v) is 1.41. The molecule has 74 valence electrons. The normalized spacial score (nSPS) is 14.8. The molecule has 1 nitrogen and oxygen atoms in total. The predicted octanol–water partition coefficient (Wildman–Crippen LogP) is 2.96. The molecule has 0 saturated carbocycles. The number of benzene rings is 1. The fourth-order valence-electron chi connectivity index (χ4n) is 1.41. The first kappa shape index (κ1) is 10.8. The maximum atomic E-state index is 5.74. The van der Waals surface area contributed by atoms with E-state index in [1.54, 1.807) is 0 Å². The zero-order valence-corrected chi connectivity index (χ0v) is 8.95. The molecule has 0 heterocycles. The number of terminal acetylenes is 1. The Bertz CT molecular complexity index is 321. The minimum atomic E-state index is -0.616. The lowest BCUT2D eigenvalue weighted by atomic mass is 9.96. The molecule has 0 N–H and O–H groups in total. The van der Waals surface area contributed by atoms with E-state index < -0.39 is 5.60 Å². The van der Waals surface area contributed by atoms with E-state index in [1.807, 2.05) is 51.1 Å². The van der Waals surface area contributed by atoms with E-state index in [9.17, 15) is 0 Å². The Kier molecular flexibility index (Phi) is 3.33. The minimum Gasteiger partial charge on any atom is -0.356 e. The molecule has 0 fully saturated rings. The molecule has 0 amide bonds. The van der Waals surface area contributed by atoms with Crippen molar-refractivity contribution >= 4 is 0 Å². The van der Waals surface area contributed by atoms with Crippen molar-refractivity contribution in [3.63, 3.8) is 0 Å². The van der Waals surface area contributed by atoms with Gasteiger partial charge in [0.2, 0.25) is 0 Å². The summed E-state index contributed by atoms with van der Waals surface area (Å²) in [6.45, 7) is 5.89. The molecule has 14 heavy (non-hydrogen) atoms. The van der Waals surface area contributed by atoms with Crippen molar-refractivity contribution in [2.45, 2.75) is 32.5 Å². The first-order valence-electron chi connectivity index (χ1n) is 4.79. The van der Waals surface area contributed by atoms with Crippen LogP contribution in [0.5, 0.6) is 0 Å². The molecule has 0 aliphatic heterocycles. The van der Waals surface area contributed by atoms with Crippen molar-refractivity contribution in [3.8, 4) is 12.3 Å². The van der Waals surface area contributed by atoms with Crippen LogP contribution in [0.3, 0.4) is 0 Å². The molecular formula is C13H16O. The summed E-state index contributed by atoms with van der Waals surface area (Å²) in [6.07, 6.45) is 5.63. The average Bonchev–Trinajstić information content (AvgIpc) is 2.18. The van der Waals surface area contributed by atoms with Crippen molar-refractivity contribution in [1.29, 1.82) is 0 Å². The number of hydrogen-bond acceptors (Lipinski definition) is 1. The molecule has 1 heteroatoms. The van der Waals surface area contributed by atoms with Crippen LogP contribution in [0.1, 0.15) is 26.3 Å². The average molecular weight is 188 g/mol. The van der Waals surface area contributed by atoms with Crippen molar-refractivity contribution in [1.82, 2.24) is 0 Å². The Balaban J connectivity index is 2.98. The van der Waals surface area contributed by atoms with E-state index in [0.717, 1.165) is 5.56 Å². The van der Waals surface area contributed by atoms with Crippen molar-refractivity contribution in [2.24, 2.45) is 0 Å². The lowest BCUT2D eigenvalue weighted by molar-refractivity contribution is -0.0320. The van der Waals surface area contributed by atoms with Gasteiger partial charge >= 0.3 is 0 Å². The zero-order chi connectivity index (χ0) is 10.6. The van der Waals surface area contributed by atoms with Crippen LogP contribution in [0.15, 0.2) is 30.3 Å². The van der Waals surface area contributed by atoms with Gasteiger partial charge in [0, 0.05) is 0 Å². The molecule has 0 aliphatic carbocycles. The highest BCUT2D eigenvalue weighted by Gasteiger charge is 2.25. The zero-order valence-electron chi connectivity index (χ0n) is 8.95. The summed E-state index contributed by atoms with van der Waals surface area (Å²) in [5.41, 5.74) is 0.409. The second kappa shape index (κ2) is 4.30. The van der Waals surface area contributed by atoms with Gasteiger partial charge in [0.05, 0.1) is 6.10 Å². The van der Waals surface area contributed by atoms with Crippen LogP contribution in [-0.2, 0) is 10.3 Å². The Morgan fingerprint density at radius 3 is 2.29 bits per heavy atom. The Labute approximate surface area is 86.1 Å². The third-order valence-electron chi connectivity index (χ3n) is 2.07. The van der Waals surface area contributed by atoms with Crippen LogP contribution in [0.25, 0.3) is 0 Å². The molecule has 1 rings (SSSR count). The molecule has 0 saturated heterocycles. The quantitative estimate of drug-likeness (QED) is 0.663. The second-order valence-electron chi connectivity index (χ2n) is 3.71. The SMILES string of the molecule is C#CC(C)(OC(C)C)c1ccccc1. The van der Waals surface area contributed by atoms with Gasteiger partial charge in [-0.1, -0.05) is 36.3 Å². The molecule has 0 bridgehead atoms. The van der Waals surface area contributed by atoms with Crippen LogP contribution in [0.4, 0.5) is 0 Å². The fraction of sp³-hybridized carbons (Fsp3) is 0.385. The van der Waals surface area contributed by atoms with Gasteiger partial charge in [-0.3, -0.25) is 0 Å². The van der Waals surface area contributed by atoms with Gasteiger partial charge in [-0.2, -0.15) is 0 Å². The van der Waals surface area contributed by atoms with Crippen molar-refractivity contribution < 1.29 is 4.74 Å². The largest absolute Gasteiger partial charge is 0.356 e. The number of ether oxygens (including phenoxy) is 1. The highest BCUT2D eigenvalue weighted by molar-refractivity contribution is 5.29. The smallest absolute Gasteiger partial charge is 0.151 e. The van der Waals surface area contributed by atoms with Gasteiger partial charge in [-0.05, 0) is 26.3 Å². The first-order chi connectivity index (χ1) is 6.58. The molecule has 1 aromatic rings. The lowest BCUT2D eigenvalue weighted by Crippen LogP contribution is -2.27. The molecular weight excluding hydrogens is 172 g/mol. The summed E-state index contributed by atoms with van der Waals surface area (Å²) in [7, 11) is 0. The van der Waals surface area contributed by atoms with Gasteiger partial charge < -0.3 is 4.74 Å². The van der Waals surface area contributed by atoms with Gasteiger partial charge in [0.1, 0.15) is 0 Å². The maximum absolute atomic E-state index is 5.74. The van der Waals surface area contributed by atoms with E-state index in [-0.39, 0.29) is 6.10 Å². The molecule has 0 aromatic heterocycles. The van der Waals surface area contributed by atoms with E-state index in [0.29, 0.717) is 0 Å². The topological polar surface area (TPSA) is 9.23 Å². The van der Waals surface area contributed by atoms with Gasteiger partial charge in [0.25, 0.3) is 0 Å². The maximum Gasteiger partial charge on any atom is 0.151 e. The third kappa shape index (κ3) is 2.37. The van der Waals surface area contributed by atoms with Crippen LogP contribution < -0.4 is 0 Å². The van der Waals surface area contributed by atoms with Gasteiger partial charge in [-0.15, -0.1) is 6.42 Å². The summed E-state index contributed by atoms with van der Waals surface area (Å²) in [6, 6.07) is 9.88. The summed E-state index contributed by atoms with van der Waals surface area (Å²) in [4.78, 5) is 0. The third-order valence-corrected chi connectivity index (χ3v) is 2.07. The monoisotopic (exact) mass is 188 g/mol. The number of rotatable bonds is 3. The first-order valence-corrected chi connectivity index (χ1v) is 4.79. The summed E-state index contributed by atoms with van der Waals surface area (Å²) >= 11 is 0. The molecule has 1 atom stereocenters. The van der Waals surface area contributed by atoms with E-state index >= 15 is 0 Å². The van der Waals surface area contributed by atoms with Crippen LogP contribution in [0.2, 0.25) is 0 Å². The van der Waals surface area contributed by atoms with Gasteiger partial charge in [0.15, 0.2) is 5.60 Å². The Hall–Kier alpha value is -1.26. The van der Waals surface area contributed by atoms with Gasteiger partial charge in [-0.25, -0.2) is 0 Å². The minimum absolute atomic E-state index is 0.122. The highest BCUT2D eigenvalue weighted by atomic mass is 16.5. The Morgan fingerprint density at radius 2 is 1.86 bits per heavy atom. The predicted molar refractivity (Wildman–Crippen MR) is 58.8 cm³/mol. The molecule has 0 radical (unpaired) electrons. The molecule has 0 aliphatic rings. The van der Waals surface area contributed by atoms with Crippen LogP contribution in [-0.4, -0.2) is 6.10 Å². The van der Waals surface area contributed by atoms with E-state index in [2.05, 4.69) is 5.92 Å². The summed E-state index contributed by atoms with van der Waals surface area (Å²) in [5, 5.41) is 0. The number of hydrogen-bond donors (Lipinski definition) is 0. The van der Waals surface area contributed by atoms with Crippen LogP contribution in [0, 0.1) is 12.3 Å². The van der Waals surface area contributed by atoms with E-state index in [1.165, 1.54) is 0 Å². The molecule has 1 aromatic carbocycles. The summed E-state index contributed by atoms with van der Waals surface area (Å²) < 4.78 is 5.74. The van der Waals surface area contributed by atoms with Crippen molar-refractivity contribution in [2.75, 3.05) is 0 Å². The Morgan fingerprint density at radius 1 is 1.29 bits per heavy atom. The lowest BCUT2D eigenvalue weighted by Gasteiger charge is -2.27. The summed E-state index contributed by atoms with van der Waals surface area (Å²) in [5.74, 6) is 2.70. The molecule has 1 unspecified atom stereocenters. The molecule has 0 spiro atoms.